The first-order chi connectivity index (χ1) is 6.19. The van der Waals surface area contributed by atoms with E-state index >= 15 is 0 Å². The van der Waals surface area contributed by atoms with Gasteiger partial charge in [0.2, 0.25) is 0 Å². The number of hydrogen-bond donors (Lipinski definition) is 0. The normalized spacial score (nSPS) is 24.3. The van der Waals surface area contributed by atoms with Crippen LogP contribution in [0.3, 0.4) is 0 Å². The van der Waals surface area contributed by atoms with Gasteiger partial charge in [0.1, 0.15) is 0 Å². The number of nitrogens with zero attached hydrogens (tertiary/aromatic N) is 2. The second-order valence-corrected chi connectivity index (χ2v) is 5.30. The Morgan fingerprint density at radius 3 is 2.92 bits per heavy atom. The van der Waals surface area contributed by atoms with E-state index in [1.165, 1.54) is 11.6 Å². The number of alkyl halides is 1. The Hall–Kier alpha value is 0.300. The summed E-state index contributed by atoms with van der Waals surface area (Å²) in [6, 6.07) is 0.598. The van der Waals surface area contributed by atoms with E-state index in [0.29, 0.717) is 11.3 Å². The zero-order chi connectivity index (χ0) is 9.84. The number of thioether (sulfide) groups is 1. The van der Waals surface area contributed by atoms with Crippen LogP contribution in [0.5, 0.6) is 0 Å². The van der Waals surface area contributed by atoms with Crippen LogP contribution in [0.15, 0.2) is 4.99 Å². The van der Waals surface area contributed by atoms with Gasteiger partial charge in [0.15, 0.2) is 5.17 Å². The number of aliphatic imine (C=N–C) groups is 1. The maximum atomic E-state index is 4.53. The maximum absolute atomic E-state index is 4.53. The van der Waals surface area contributed by atoms with Crippen molar-refractivity contribution < 1.29 is 0 Å². The van der Waals surface area contributed by atoms with E-state index in [1.807, 2.05) is 11.8 Å². The maximum Gasteiger partial charge on any atom is 0.159 e. The molecule has 0 spiro atoms. The highest BCUT2D eigenvalue weighted by Gasteiger charge is 2.22. The van der Waals surface area contributed by atoms with Crippen molar-refractivity contribution in [2.45, 2.75) is 31.6 Å². The molecule has 0 bridgehead atoms. The van der Waals surface area contributed by atoms with Crippen LogP contribution in [0, 0.1) is 0 Å². The lowest BCUT2D eigenvalue weighted by molar-refractivity contribution is 0.387. The highest BCUT2D eigenvalue weighted by atomic mass is 79.9. The lowest BCUT2D eigenvalue weighted by Crippen LogP contribution is -2.32. The Labute approximate surface area is 93.3 Å². The lowest BCUT2D eigenvalue weighted by atomic mass is 10.2. The molecule has 0 amide bonds. The Balaban J connectivity index is 2.45. The zero-order valence-corrected chi connectivity index (χ0v) is 10.9. The number of rotatable bonds is 3. The summed E-state index contributed by atoms with van der Waals surface area (Å²) >= 11 is 5.39. The molecule has 1 heterocycles. The van der Waals surface area contributed by atoms with Crippen molar-refractivity contribution in [1.82, 2.24) is 4.90 Å². The molecule has 1 rings (SSSR count). The van der Waals surface area contributed by atoms with E-state index in [0.717, 1.165) is 11.9 Å². The highest BCUT2D eigenvalue weighted by molar-refractivity contribution is 9.09. The van der Waals surface area contributed by atoms with Crippen molar-refractivity contribution in [3.8, 4) is 0 Å². The van der Waals surface area contributed by atoms with Crippen LogP contribution in [0.2, 0.25) is 0 Å². The first-order valence-corrected chi connectivity index (χ1v) is 6.69. The molecule has 0 aliphatic carbocycles. The summed E-state index contributed by atoms with van der Waals surface area (Å²) in [6.07, 6.45) is 1.18. The Morgan fingerprint density at radius 2 is 2.46 bits per heavy atom. The average molecular weight is 265 g/mol. The smallest absolute Gasteiger partial charge is 0.159 e. The van der Waals surface area contributed by atoms with Crippen LogP contribution in [-0.4, -0.2) is 40.3 Å². The van der Waals surface area contributed by atoms with E-state index < -0.39 is 0 Å². The molecule has 4 heteroatoms. The van der Waals surface area contributed by atoms with Gasteiger partial charge in [-0.1, -0.05) is 34.6 Å². The van der Waals surface area contributed by atoms with Crippen LogP contribution in [0.4, 0.5) is 0 Å². The van der Waals surface area contributed by atoms with Crippen molar-refractivity contribution in [3.05, 3.63) is 0 Å². The van der Waals surface area contributed by atoms with E-state index in [1.54, 1.807) is 0 Å². The molecule has 76 valence electrons. The molecule has 13 heavy (non-hydrogen) atoms. The molecule has 0 aromatic rings. The summed E-state index contributed by atoms with van der Waals surface area (Å²) in [5, 5.41) is 2.89. The minimum absolute atomic E-state index is 0.598. The van der Waals surface area contributed by atoms with Gasteiger partial charge in [0.05, 0.1) is 6.54 Å². The second-order valence-electron chi connectivity index (χ2n) is 3.39. The molecule has 2 unspecified atom stereocenters. The topological polar surface area (TPSA) is 15.6 Å². The molecule has 0 fully saturated rings. The Morgan fingerprint density at radius 1 is 1.77 bits per heavy atom. The van der Waals surface area contributed by atoms with E-state index in [4.69, 9.17) is 0 Å². The van der Waals surface area contributed by atoms with Crippen LogP contribution in [0.25, 0.3) is 0 Å². The predicted octanol–water partition coefficient (Wildman–Crippen LogP) is 2.58. The van der Waals surface area contributed by atoms with Crippen molar-refractivity contribution in [3.63, 3.8) is 0 Å². The van der Waals surface area contributed by atoms with Gasteiger partial charge in [0, 0.05) is 23.7 Å². The number of halogens is 1. The van der Waals surface area contributed by atoms with Crippen molar-refractivity contribution >= 4 is 32.9 Å². The van der Waals surface area contributed by atoms with Crippen LogP contribution < -0.4 is 0 Å². The summed E-state index contributed by atoms with van der Waals surface area (Å²) in [6.45, 7) is 5.42. The standard InChI is InChI=1S/C9H17BrN2S/c1-4-7(2)12(3)9-11-6-8(5-10)13-9/h7-8H,4-6H2,1-3H3. The fourth-order valence-electron chi connectivity index (χ4n) is 1.14. The number of amidine groups is 1. The molecule has 0 aromatic heterocycles. The summed E-state index contributed by atoms with van der Waals surface area (Å²) in [5.74, 6) is 0. The van der Waals surface area contributed by atoms with Crippen LogP contribution >= 0.6 is 27.7 Å². The van der Waals surface area contributed by atoms with Gasteiger partial charge in [-0.15, -0.1) is 0 Å². The van der Waals surface area contributed by atoms with Gasteiger partial charge >= 0.3 is 0 Å². The van der Waals surface area contributed by atoms with Gasteiger partial charge in [-0.3, -0.25) is 4.99 Å². The molecule has 0 saturated heterocycles. The summed E-state index contributed by atoms with van der Waals surface area (Å²) < 4.78 is 0. The van der Waals surface area contributed by atoms with Crippen LogP contribution in [0.1, 0.15) is 20.3 Å². The predicted molar refractivity (Wildman–Crippen MR) is 65.0 cm³/mol. The van der Waals surface area contributed by atoms with E-state index in [2.05, 4.69) is 46.7 Å². The number of hydrogen-bond acceptors (Lipinski definition) is 3. The lowest BCUT2D eigenvalue weighted by Gasteiger charge is -2.25. The molecular weight excluding hydrogens is 248 g/mol. The van der Waals surface area contributed by atoms with Gasteiger partial charge in [-0.25, -0.2) is 0 Å². The minimum Gasteiger partial charge on any atom is -0.352 e. The third-order valence-electron chi connectivity index (χ3n) is 2.43. The fraction of sp³-hybridized carbons (Fsp3) is 0.889. The first-order valence-electron chi connectivity index (χ1n) is 4.69. The van der Waals surface area contributed by atoms with Gasteiger partial charge in [0.25, 0.3) is 0 Å². The summed E-state index contributed by atoms with van der Waals surface area (Å²) in [5.41, 5.74) is 0. The SMILES string of the molecule is CCC(C)N(C)C1=NCC(CBr)S1. The first kappa shape index (κ1) is 11.4. The molecule has 1 aliphatic rings. The van der Waals surface area contributed by atoms with Crippen molar-refractivity contribution in [2.24, 2.45) is 4.99 Å². The average Bonchev–Trinajstić information content (AvgIpc) is 2.63. The van der Waals surface area contributed by atoms with Gasteiger partial charge in [-0.05, 0) is 13.3 Å². The Bertz CT molecular complexity index is 196. The van der Waals surface area contributed by atoms with Crippen LogP contribution in [-0.2, 0) is 0 Å². The molecule has 1 aliphatic heterocycles. The van der Waals surface area contributed by atoms with Crippen molar-refractivity contribution in [1.29, 1.82) is 0 Å². The zero-order valence-electron chi connectivity index (χ0n) is 8.46. The van der Waals surface area contributed by atoms with E-state index in [9.17, 15) is 0 Å². The third kappa shape index (κ3) is 2.88. The largest absolute Gasteiger partial charge is 0.352 e. The molecule has 0 saturated carbocycles. The Kier molecular flexibility index (Phi) is 4.59. The monoisotopic (exact) mass is 264 g/mol. The third-order valence-corrected chi connectivity index (χ3v) is 4.92. The molecular formula is C9H17BrN2S. The summed E-state index contributed by atoms with van der Waals surface area (Å²) in [7, 11) is 2.14. The quantitative estimate of drug-likeness (QED) is 0.729. The summed E-state index contributed by atoms with van der Waals surface area (Å²) in [4.78, 5) is 6.82. The molecule has 0 aromatic carbocycles. The molecule has 0 N–H and O–H groups in total. The van der Waals surface area contributed by atoms with Gasteiger partial charge in [-0.2, -0.15) is 0 Å². The molecule has 0 radical (unpaired) electrons. The molecule has 2 atom stereocenters. The minimum atomic E-state index is 0.598. The fourth-order valence-corrected chi connectivity index (χ4v) is 2.75. The van der Waals surface area contributed by atoms with E-state index in [-0.39, 0.29) is 0 Å². The molecule has 2 nitrogen and oxygen atoms in total. The van der Waals surface area contributed by atoms with Crippen molar-refractivity contribution in [2.75, 3.05) is 18.9 Å². The van der Waals surface area contributed by atoms with Gasteiger partial charge < -0.3 is 4.90 Å². The second kappa shape index (κ2) is 5.25. The highest BCUT2D eigenvalue weighted by Crippen LogP contribution is 2.25.